The zero-order valence-electron chi connectivity index (χ0n) is 11.8. The van der Waals surface area contributed by atoms with Crippen molar-refractivity contribution in [1.29, 1.82) is 0 Å². The summed E-state index contributed by atoms with van der Waals surface area (Å²) >= 11 is 0. The van der Waals surface area contributed by atoms with Crippen molar-refractivity contribution in [1.82, 2.24) is 10.0 Å². The Morgan fingerprint density at radius 3 is 2.26 bits per heavy atom. The summed E-state index contributed by atoms with van der Waals surface area (Å²) in [6.45, 7) is 6.40. The molecule has 5 heteroatoms. The van der Waals surface area contributed by atoms with Crippen molar-refractivity contribution in [2.45, 2.75) is 38.0 Å². The van der Waals surface area contributed by atoms with Gasteiger partial charge in [0.25, 0.3) is 0 Å². The molecule has 0 amide bonds. The molecular formula is C14H24N2O2S. The minimum Gasteiger partial charge on any atom is -0.317 e. The smallest absolute Gasteiger partial charge is 0.240 e. The van der Waals surface area contributed by atoms with Crippen LogP contribution in [0, 0.1) is 6.92 Å². The third kappa shape index (κ3) is 6.18. The minimum atomic E-state index is -3.35. The Balaban J connectivity index is 2.29. The highest BCUT2D eigenvalue weighted by molar-refractivity contribution is 7.89. The number of rotatable bonds is 9. The molecule has 2 N–H and O–H groups in total. The Labute approximate surface area is 116 Å². The number of unbranched alkanes of at least 4 members (excludes halogenated alkanes) is 1. The molecule has 0 aromatic heterocycles. The second-order valence-electron chi connectivity index (χ2n) is 4.67. The molecule has 0 saturated heterocycles. The van der Waals surface area contributed by atoms with Crippen LogP contribution >= 0.6 is 0 Å². The fourth-order valence-corrected chi connectivity index (χ4v) is 2.72. The van der Waals surface area contributed by atoms with Crippen molar-refractivity contribution in [3.05, 3.63) is 29.8 Å². The predicted molar refractivity (Wildman–Crippen MR) is 78.8 cm³/mol. The average molecular weight is 284 g/mol. The number of nitrogens with one attached hydrogen (secondary N) is 2. The lowest BCUT2D eigenvalue weighted by Crippen LogP contribution is -2.27. The van der Waals surface area contributed by atoms with E-state index >= 15 is 0 Å². The van der Waals surface area contributed by atoms with Crippen LogP contribution in [0.2, 0.25) is 0 Å². The van der Waals surface area contributed by atoms with E-state index in [9.17, 15) is 8.42 Å². The molecule has 1 rings (SSSR count). The van der Waals surface area contributed by atoms with Gasteiger partial charge in [0, 0.05) is 6.54 Å². The molecule has 0 fully saturated rings. The first kappa shape index (κ1) is 16.1. The lowest BCUT2D eigenvalue weighted by Gasteiger charge is -2.07. The number of sulfonamides is 1. The van der Waals surface area contributed by atoms with E-state index in [4.69, 9.17) is 0 Å². The van der Waals surface area contributed by atoms with Crippen LogP contribution in [0.4, 0.5) is 0 Å². The molecule has 0 bridgehead atoms. The molecule has 0 radical (unpaired) electrons. The molecule has 0 saturated carbocycles. The first-order chi connectivity index (χ1) is 9.06. The molecule has 0 aliphatic rings. The molecule has 0 aliphatic heterocycles. The summed E-state index contributed by atoms with van der Waals surface area (Å²) < 4.78 is 26.5. The maximum atomic E-state index is 11.9. The van der Waals surface area contributed by atoms with Crippen molar-refractivity contribution in [2.24, 2.45) is 0 Å². The molecule has 0 heterocycles. The predicted octanol–water partition coefficient (Wildman–Crippen LogP) is 2.05. The molecule has 0 atom stereocenters. The van der Waals surface area contributed by atoms with E-state index in [1.54, 1.807) is 24.3 Å². The summed E-state index contributed by atoms with van der Waals surface area (Å²) in [6.07, 6.45) is 3.14. The fraction of sp³-hybridized carbons (Fsp3) is 0.571. The van der Waals surface area contributed by atoms with Gasteiger partial charge in [0.15, 0.2) is 0 Å². The number of benzene rings is 1. The van der Waals surface area contributed by atoms with Crippen molar-refractivity contribution < 1.29 is 8.42 Å². The van der Waals surface area contributed by atoms with E-state index in [1.807, 2.05) is 6.92 Å². The van der Waals surface area contributed by atoms with Crippen LogP contribution in [0.5, 0.6) is 0 Å². The average Bonchev–Trinajstić information content (AvgIpc) is 2.38. The molecule has 0 aliphatic carbocycles. The van der Waals surface area contributed by atoms with Gasteiger partial charge in [-0.15, -0.1) is 0 Å². The summed E-state index contributed by atoms with van der Waals surface area (Å²) in [7, 11) is -3.35. The summed E-state index contributed by atoms with van der Waals surface area (Å²) in [6, 6.07) is 6.88. The Morgan fingerprint density at radius 1 is 1.00 bits per heavy atom. The van der Waals surface area contributed by atoms with Crippen LogP contribution in [0.25, 0.3) is 0 Å². The number of aryl methyl sites for hydroxylation is 1. The lowest BCUT2D eigenvalue weighted by atomic mass is 10.2. The molecular weight excluding hydrogens is 260 g/mol. The molecule has 19 heavy (non-hydrogen) atoms. The highest BCUT2D eigenvalue weighted by Gasteiger charge is 2.12. The van der Waals surface area contributed by atoms with Crippen molar-refractivity contribution >= 4 is 10.0 Å². The SMILES string of the molecule is CCCCNCCCNS(=O)(=O)c1ccc(C)cc1. The zero-order chi connectivity index (χ0) is 14.1. The molecule has 0 unspecified atom stereocenters. The first-order valence-electron chi connectivity index (χ1n) is 6.83. The van der Waals surface area contributed by atoms with Gasteiger partial charge in [0.1, 0.15) is 0 Å². The normalized spacial score (nSPS) is 11.7. The summed E-state index contributed by atoms with van der Waals surface area (Å²) in [5.41, 5.74) is 1.05. The van der Waals surface area contributed by atoms with Crippen LogP contribution < -0.4 is 10.0 Å². The Bertz CT molecular complexity index is 455. The first-order valence-corrected chi connectivity index (χ1v) is 8.31. The Kier molecular flexibility index (Phi) is 7.05. The monoisotopic (exact) mass is 284 g/mol. The van der Waals surface area contributed by atoms with Crippen molar-refractivity contribution in [3.8, 4) is 0 Å². The Morgan fingerprint density at radius 2 is 1.63 bits per heavy atom. The van der Waals surface area contributed by atoms with Crippen LogP contribution in [0.15, 0.2) is 29.2 Å². The third-order valence-electron chi connectivity index (χ3n) is 2.86. The molecule has 1 aromatic carbocycles. The van der Waals surface area contributed by atoms with E-state index in [-0.39, 0.29) is 0 Å². The van der Waals surface area contributed by atoms with Gasteiger partial charge in [-0.2, -0.15) is 0 Å². The molecule has 4 nitrogen and oxygen atoms in total. The summed E-state index contributed by atoms with van der Waals surface area (Å²) in [5.74, 6) is 0. The number of hydrogen-bond donors (Lipinski definition) is 2. The van der Waals surface area contributed by atoms with Gasteiger partial charge in [0.2, 0.25) is 10.0 Å². The van der Waals surface area contributed by atoms with Crippen LogP contribution in [0.3, 0.4) is 0 Å². The van der Waals surface area contributed by atoms with E-state index in [0.29, 0.717) is 11.4 Å². The van der Waals surface area contributed by atoms with E-state index in [0.717, 1.165) is 31.5 Å². The maximum absolute atomic E-state index is 11.9. The standard InChI is InChI=1S/C14H24N2O2S/c1-3-4-10-15-11-5-12-16-19(17,18)14-8-6-13(2)7-9-14/h6-9,15-16H,3-5,10-12H2,1-2H3. The van der Waals surface area contributed by atoms with Crippen LogP contribution in [0.1, 0.15) is 31.7 Å². The lowest BCUT2D eigenvalue weighted by molar-refractivity contribution is 0.571. The van der Waals surface area contributed by atoms with Crippen LogP contribution in [-0.4, -0.2) is 28.1 Å². The van der Waals surface area contributed by atoms with Gasteiger partial charge < -0.3 is 5.32 Å². The number of hydrogen-bond acceptors (Lipinski definition) is 3. The van der Waals surface area contributed by atoms with E-state index in [1.165, 1.54) is 6.42 Å². The quantitative estimate of drug-likeness (QED) is 0.682. The second-order valence-corrected chi connectivity index (χ2v) is 6.43. The minimum absolute atomic E-state index is 0.331. The van der Waals surface area contributed by atoms with Gasteiger partial charge in [-0.25, -0.2) is 13.1 Å². The Hall–Kier alpha value is -0.910. The van der Waals surface area contributed by atoms with Gasteiger partial charge >= 0.3 is 0 Å². The zero-order valence-corrected chi connectivity index (χ0v) is 12.6. The topological polar surface area (TPSA) is 58.2 Å². The molecule has 108 valence electrons. The maximum Gasteiger partial charge on any atom is 0.240 e. The van der Waals surface area contributed by atoms with Crippen molar-refractivity contribution in [3.63, 3.8) is 0 Å². The largest absolute Gasteiger partial charge is 0.317 e. The highest BCUT2D eigenvalue weighted by atomic mass is 32.2. The van der Waals surface area contributed by atoms with E-state index in [2.05, 4.69) is 17.0 Å². The third-order valence-corrected chi connectivity index (χ3v) is 4.34. The second kappa shape index (κ2) is 8.30. The fourth-order valence-electron chi connectivity index (χ4n) is 1.65. The van der Waals surface area contributed by atoms with Gasteiger partial charge in [-0.1, -0.05) is 31.0 Å². The van der Waals surface area contributed by atoms with Gasteiger partial charge in [-0.05, 0) is 45.0 Å². The molecule has 0 spiro atoms. The molecule has 1 aromatic rings. The van der Waals surface area contributed by atoms with Gasteiger partial charge in [-0.3, -0.25) is 0 Å². The van der Waals surface area contributed by atoms with Crippen molar-refractivity contribution in [2.75, 3.05) is 19.6 Å². The van der Waals surface area contributed by atoms with Crippen LogP contribution in [-0.2, 0) is 10.0 Å². The van der Waals surface area contributed by atoms with Gasteiger partial charge in [0.05, 0.1) is 4.90 Å². The van der Waals surface area contributed by atoms with E-state index < -0.39 is 10.0 Å². The summed E-state index contributed by atoms with van der Waals surface area (Å²) in [4.78, 5) is 0.331. The summed E-state index contributed by atoms with van der Waals surface area (Å²) in [5, 5.41) is 3.28. The highest BCUT2D eigenvalue weighted by Crippen LogP contribution is 2.09.